The summed E-state index contributed by atoms with van der Waals surface area (Å²) in [5, 5.41) is 0. The third-order valence-electron chi connectivity index (χ3n) is 3.94. The first-order valence-electron chi connectivity index (χ1n) is 6.65. The standard InChI is InChI=1S/C16H21NO3/c1-6-14(18)17-8-7-11-9-12(19-4)10-13(20-5)15(11)16(17,2)3/h6,9-10H,1,7-8H2,2-5H3. The smallest absolute Gasteiger partial charge is 0.246 e. The van der Waals surface area contributed by atoms with Gasteiger partial charge in [-0.25, -0.2) is 0 Å². The molecule has 1 aromatic rings. The van der Waals surface area contributed by atoms with Crippen LogP contribution in [-0.4, -0.2) is 31.6 Å². The highest BCUT2D eigenvalue weighted by Gasteiger charge is 2.39. The van der Waals surface area contributed by atoms with Gasteiger partial charge in [0.1, 0.15) is 11.5 Å². The van der Waals surface area contributed by atoms with Crippen molar-refractivity contribution >= 4 is 5.91 Å². The molecule has 0 fully saturated rings. The normalized spacial score (nSPS) is 16.3. The number of nitrogens with zero attached hydrogens (tertiary/aromatic N) is 1. The number of methoxy groups -OCH3 is 2. The van der Waals surface area contributed by atoms with Crippen molar-refractivity contribution in [1.82, 2.24) is 4.90 Å². The third kappa shape index (κ3) is 2.15. The molecular weight excluding hydrogens is 254 g/mol. The van der Waals surface area contributed by atoms with E-state index in [9.17, 15) is 4.79 Å². The van der Waals surface area contributed by atoms with Crippen LogP contribution < -0.4 is 9.47 Å². The van der Waals surface area contributed by atoms with Gasteiger partial charge < -0.3 is 14.4 Å². The van der Waals surface area contributed by atoms with Crippen molar-refractivity contribution < 1.29 is 14.3 Å². The fourth-order valence-electron chi connectivity index (χ4n) is 2.96. The molecule has 0 aromatic heterocycles. The van der Waals surface area contributed by atoms with Crippen LogP contribution in [0, 0.1) is 0 Å². The Hall–Kier alpha value is -1.97. The lowest BCUT2D eigenvalue weighted by Gasteiger charge is -2.44. The Bertz CT molecular complexity index is 532. The van der Waals surface area contributed by atoms with E-state index < -0.39 is 5.54 Å². The highest BCUT2D eigenvalue weighted by molar-refractivity contribution is 5.88. The molecule has 0 N–H and O–H groups in total. The topological polar surface area (TPSA) is 38.8 Å². The van der Waals surface area contributed by atoms with Gasteiger partial charge in [0.15, 0.2) is 0 Å². The maximum Gasteiger partial charge on any atom is 0.246 e. The zero-order valence-electron chi connectivity index (χ0n) is 12.5. The maximum atomic E-state index is 12.1. The molecule has 20 heavy (non-hydrogen) atoms. The van der Waals surface area contributed by atoms with Gasteiger partial charge in [0.25, 0.3) is 0 Å². The summed E-state index contributed by atoms with van der Waals surface area (Å²) < 4.78 is 10.8. The van der Waals surface area contributed by atoms with Crippen LogP contribution in [0.4, 0.5) is 0 Å². The summed E-state index contributed by atoms with van der Waals surface area (Å²) in [6.07, 6.45) is 2.15. The zero-order chi connectivity index (χ0) is 14.9. The SMILES string of the molecule is C=CC(=O)N1CCc2cc(OC)cc(OC)c2C1(C)C. The molecular formula is C16H21NO3. The number of rotatable bonds is 3. The molecule has 1 aliphatic rings. The maximum absolute atomic E-state index is 12.1. The Labute approximate surface area is 120 Å². The second-order valence-corrected chi connectivity index (χ2v) is 5.37. The molecule has 1 amide bonds. The van der Waals surface area contributed by atoms with Gasteiger partial charge in [0.2, 0.25) is 5.91 Å². The molecule has 0 saturated carbocycles. The van der Waals surface area contributed by atoms with Crippen LogP contribution >= 0.6 is 0 Å². The van der Waals surface area contributed by atoms with E-state index in [1.54, 1.807) is 14.2 Å². The summed E-state index contributed by atoms with van der Waals surface area (Å²) in [5.74, 6) is 1.48. The fraction of sp³-hybridized carbons (Fsp3) is 0.438. The second-order valence-electron chi connectivity index (χ2n) is 5.37. The molecule has 0 saturated heterocycles. The first-order valence-corrected chi connectivity index (χ1v) is 6.65. The first-order chi connectivity index (χ1) is 9.45. The lowest BCUT2D eigenvalue weighted by atomic mass is 9.82. The molecule has 0 spiro atoms. The van der Waals surface area contributed by atoms with E-state index in [-0.39, 0.29) is 5.91 Å². The number of carbonyl (C=O) groups excluding carboxylic acids is 1. The van der Waals surface area contributed by atoms with Crippen molar-refractivity contribution in [3.63, 3.8) is 0 Å². The van der Waals surface area contributed by atoms with Gasteiger partial charge in [0.05, 0.1) is 19.8 Å². The monoisotopic (exact) mass is 275 g/mol. The van der Waals surface area contributed by atoms with Gasteiger partial charge in [-0.15, -0.1) is 0 Å². The van der Waals surface area contributed by atoms with Crippen LogP contribution in [0.1, 0.15) is 25.0 Å². The summed E-state index contributed by atoms with van der Waals surface area (Å²) in [7, 11) is 3.28. The first kappa shape index (κ1) is 14.4. The summed E-state index contributed by atoms with van der Waals surface area (Å²) in [6, 6.07) is 3.89. The van der Waals surface area contributed by atoms with Crippen molar-refractivity contribution in [2.45, 2.75) is 25.8 Å². The van der Waals surface area contributed by atoms with Crippen LogP contribution in [-0.2, 0) is 16.8 Å². The van der Waals surface area contributed by atoms with Crippen molar-refractivity contribution in [1.29, 1.82) is 0 Å². The lowest BCUT2D eigenvalue weighted by Crippen LogP contribution is -2.49. The number of carbonyl (C=O) groups is 1. The van der Waals surface area contributed by atoms with Crippen LogP contribution in [0.15, 0.2) is 24.8 Å². The highest BCUT2D eigenvalue weighted by Crippen LogP contribution is 2.42. The summed E-state index contributed by atoms with van der Waals surface area (Å²) in [4.78, 5) is 13.9. The van der Waals surface area contributed by atoms with Gasteiger partial charge in [-0.05, 0) is 38.0 Å². The molecule has 1 heterocycles. The van der Waals surface area contributed by atoms with Crippen molar-refractivity contribution in [3.8, 4) is 11.5 Å². The number of fused-ring (bicyclic) bond motifs is 1. The van der Waals surface area contributed by atoms with Gasteiger partial charge in [-0.2, -0.15) is 0 Å². The van der Waals surface area contributed by atoms with Gasteiger partial charge >= 0.3 is 0 Å². The Kier molecular flexibility index (Phi) is 3.75. The van der Waals surface area contributed by atoms with Gasteiger partial charge in [-0.3, -0.25) is 4.79 Å². The molecule has 4 nitrogen and oxygen atoms in total. The fourth-order valence-corrected chi connectivity index (χ4v) is 2.96. The summed E-state index contributed by atoms with van der Waals surface area (Å²) in [5.41, 5.74) is 1.78. The van der Waals surface area contributed by atoms with Gasteiger partial charge in [0, 0.05) is 18.2 Å². The van der Waals surface area contributed by atoms with Crippen molar-refractivity contribution in [2.24, 2.45) is 0 Å². The number of ether oxygens (including phenoxy) is 2. The van der Waals surface area contributed by atoms with Crippen molar-refractivity contribution in [2.75, 3.05) is 20.8 Å². The average molecular weight is 275 g/mol. The number of amides is 1. The van der Waals surface area contributed by atoms with Crippen LogP contribution in [0.2, 0.25) is 0 Å². The predicted octanol–water partition coefficient (Wildman–Crippen LogP) is 2.51. The molecule has 0 atom stereocenters. The average Bonchev–Trinajstić information content (AvgIpc) is 2.44. The van der Waals surface area contributed by atoms with Crippen LogP contribution in [0.5, 0.6) is 11.5 Å². The molecule has 0 unspecified atom stereocenters. The minimum absolute atomic E-state index is 0.0569. The van der Waals surface area contributed by atoms with E-state index in [4.69, 9.17) is 9.47 Å². The van der Waals surface area contributed by atoms with Crippen LogP contribution in [0.3, 0.4) is 0 Å². The minimum Gasteiger partial charge on any atom is -0.497 e. The summed E-state index contributed by atoms with van der Waals surface area (Å²) in [6.45, 7) is 8.31. The zero-order valence-corrected chi connectivity index (χ0v) is 12.5. The predicted molar refractivity (Wildman–Crippen MR) is 78.2 cm³/mol. The molecule has 4 heteroatoms. The van der Waals surface area contributed by atoms with E-state index >= 15 is 0 Å². The number of benzene rings is 1. The Morgan fingerprint density at radius 3 is 2.60 bits per heavy atom. The van der Waals surface area contributed by atoms with E-state index in [0.717, 1.165) is 23.5 Å². The summed E-state index contributed by atoms with van der Waals surface area (Å²) >= 11 is 0. The van der Waals surface area contributed by atoms with E-state index in [2.05, 4.69) is 6.58 Å². The Balaban J connectivity index is 2.59. The highest BCUT2D eigenvalue weighted by atomic mass is 16.5. The molecule has 0 bridgehead atoms. The molecule has 1 aromatic carbocycles. The van der Waals surface area contributed by atoms with Gasteiger partial charge in [-0.1, -0.05) is 6.58 Å². The molecule has 2 rings (SSSR count). The third-order valence-corrected chi connectivity index (χ3v) is 3.94. The molecule has 1 aliphatic heterocycles. The van der Waals surface area contributed by atoms with E-state index in [1.165, 1.54) is 11.6 Å². The largest absolute Gasteiger partial charge is 0.497 e. The number of hydrogen-bond acceptors (Lipinski definition) is 3. The Morgan fingerprint density at radius 1 is 1.35 bits per heavy atom. The molecule has 108 valence electrons. The molecule has 0 radical (unpaired) electrons. The van der Waals surface area contributed by atoms with E-state index in [0.29, 0.717) is 6.54 Å². The van der Waals surface area contributed by atoms with Crippen LogP contribution in [0.25, 0.3) is 0 Å². The second kappa shape index (κ2) is 5.19. The quantitative estimate of drug-likeness (QED) is 0.796. The minimum atomic E-state index is -0.434. The number of hydrogen-bond donors (Lipinski definition) is 0. The lowest BCUT2D eigenvalue weighted by molar-refractivity contribution is -0.132. The van der Waals surface area contributed by atoms with Crippen molar-refractivity contribution in [3.05, 3.63) is 35.9 Å². The van der Waals surface area contributed by atoms with E-state index in [1.807, 2.05) is 30.9 Å². The molecule has 0 aliphatic carbocycles. The Morgan fingerprint density at radius 2 is 2.05 bits per heavy atom.